The lowest BCUT2D eigenvalue weighted by atomic mass is 10.0. The first-order valence-electron chi connectivity index (χ1n) is 5.61. The Labute approximate surface area is 91.9 Å². The third-order valence-electron chi connectivity index (χ3n) is 2.68. The molecule has 1 aromatic rings. The first-order chi connectivity index (χ1) is 7.24. The average Bonchev–Trinajstić information content (AvgIpc) is 2.30. The predicted molar refractivity (Wildman–Crippen MR) is 63.1 cm³/mol. The molecule has 0 aliphatic rings. The monoisotopic (exact) mass is 205 g/mol. The van der Waals surface area contributed by atoms with Crippen molar-refractivity contribution in [2.24, 2.45) is 0 Å². The van der Waals surface area contributed by atoms with Gasteiger partial charge in [0.2, 0.25) is 0 Å². The molecule has 0 atom stereocenters. The van der Waals surface area contributed by atoms with Crippen molar-refractivity contribution in [3.05, 3.63) is 35.4 Å². The average molecular weight is 205 g/mol. The third-order valence-corrected chi connectivity index (χ3v) is 2.68. The largest absolute Gasteiger partial charge is 0.339 e. The first kappa shape index (κ1) is 11.8. The Bertz CT molecular complexity index is 329. The number of nitrogens with zero attached hydrogens (tertiary/aromatic N) is 1. The molecular weight excluding hydrogens is 186 g/mol. The molecule has 82 valence electrons. The topological polar surface area (TPSA) is 20.3 Å². The van der Waals surface area contributed by atoms with E-state index >= 15 is 0 Å². The van der Waals surface area contributed by atoms with Gasteiger partial charge in [0, 0.05) is 18.7 Å². The van der Waals surface area contributed by atoms with Crippen LogP contribution in [0.5, 0.6) is 0 Å². The van der Waals surface area contributed by atoms with Gasteiger partial charge in [-0.05, 0) is 31.9 Å². The highest BCUT2D eigenvalue weighted by Gasteiger charge is 2.14. The Morgan fingerprint density at radius 3 is 2.27 bits per heavy atom. The fourth-order valence-electron chi connectivity index (χ4n) is 1.72. The van der Waals surface area contributed by atoms with Crippen LogP contribution in [0.15, 0.2) is 24.3 Å². The van der Waals surface area contributed by atoms with Crippen LogP contribution in [0.4, 0.5) is 0 Å². The molecule has 0 saturated heterocycles. The van der Waals surface area contributed by atoms with Crippen molar-refractivity contribution in [3.8, 4) is 0 Å². The van der Waals surface area contributed by atoms with Crippen molar-refractivity contribution in [1.29, 1.82) is 0 Å². The minimum Gasteiger partial charge on any atom is -0.339 e. The van der Waals surface area contributed by atoms with Crippen molar-refractivity contribution in [2.45, 2.75) is 27.2 Å². The molecule has 1 amide bonds. The van der Waals surface area contributed by atoms with Crippen molar-refractivity contribution in [2.75, 3.05) is 13.1 Å². The molecule has 0 N–H and O–H groups in total. The molecule has 0 aliphatic carbocycles. The molecule has 1 aromatic carbocycles. The molecule has 0 spiro atoms. The van der Waals surface area contributed by atoms with Crippen LogP contribution in [-0.2, 0) is 6.42 Å². The zero-order valence-corrected chi connectivity index (χ0v) is 9.79. The maximum Gasteiger partial charge on any atom is 0.254 e. The highest BCUT2D eigenvalue weighted by Crippen LogP contribution is 2.12. The number of carbonyl (C=O) groups excluding carboxylic acids is 1. The van der Waals surface area contributed by atoms with E-state index in [0.29, 0.717) is 0 Å². The number of hydrogen-bond donors (Lipinski definition) is 0. The highest BCUT2D eigenvalue weighted by atomic mass is 16.2. The van der Waals surface area contributed by atoms with Crippen LogP contribution in [0, 0.1) is 0 Å². The normalized spacial score (nSPS) is 10.1. The van der Waals surface area contributed by atoms with Gasteiger partial charge in [-0.2, -0.15) is 0 Å². The molecule has 2 heteroatoms. The number of hydrogen-bond acceptors (Lipinski definition) is 1. The maximum absolute atomic E-state index is 12.1. The molecule has 15 heavy (non-hydrogen) atoms. The maximum atomic E-state index is 12.1. The molecule has 1 rings (SSSR count). The van der Waals surface area contributed by atoms with Crippen LogP contribution in [0.25, 0.3) is 0 Å². The summed E-state index contributed by atoms with van der Waals surface area (Å²) in [5.74, 6) is 0.150. The molecule has 0 fully saturated rings. The fourth-order valence-corrected chi connectivity index (χ4v) is 1.72. The van der Waals surface area contributed by atoms with Gasteiger partial charge in [0.1, 0.15) is 0 Å². The number of amides is 1. The van der Waals surface area contributed by atoms with Gasteiger partial charge in [0.15, 0.2) is 0 Å². The third kappa shape index (κ3) is 2.58. The molecule has 0 aromatic heterocycles. The summed E-state index contributed by atoms with van der Waals surface area (Å²) in [5, 5.41) is 0. The number of carbonyl (C=O) groups is 1. The molecule has 0 unspecified atom stereocenters. The van der Waals surface area contributed by atoms with Gasteiger partial charge in [-0.1, -0.05) is 25.1 Å². The summed E-state index contributed by atoms with van der Waals surface area (Å²) < 4.78 is 0. The first-order valence-corrected chi connectivity index (χ1v) is 5.61. The van der Waals surface area contributed by atoms with E-state index < -0.39 is 0 Å². The summed E-state index contributed by atoms with van der Waals surface area (Å²) in [7, 11) is 0. The number of aryl methyl sites for hydroxylation is 1. The minimum atomic E-state index is 0.150. The number of rotatable bonds is 4. The fraction of sp³-hybridized carbons (Fsp3) is 0.462. The molecule has 0 saturated carbocycles. The van der Waals surface area contributed by atoms with Gasteiger partial charge in [-0.25, -0.2) is 0 Å². The van der Waals surface area contributed by atoms with Crippen LogP contribution in [0.3, 0.4) is 0 Å². The van der Waals surface area contributed by atoms with Crippen LogP contribution in [0.2, 0.25) is 0 Å². The second-order valence-electron chi connectivity index (χ2n) is 3.49. The lowest BCUT2D eigenvalue weighted by Gasteiger charge is -2.20. The number of benzene rings is 1. The van der Waals surface area contributed by atoms with E-state index in [4.69, 9.17) is 0 Å². The van der Waals surface area contributed by atoms with E-state index in [9.17, 15) is 4.79 Å². The molecule has 0 aliphatic heterocycles. The summed E-state index contributed by atoms with van der Waals surface area (Å²) in [6.45, 7) is 7.64. The summed E-state index contributed by atoms with van der Waals surface area (Å²) >= 11 is 0. The summed E-state index contributed by atoms with van der Waals surface area (Å²) in [6.07, 6.45) is 0.906. The Morgan fingerprint density at radius 2 is 1.73 bits per heavy atom. The molecule has 2 nitrogen and oxygen atoms in total. The summed E-state index contributed by atoms with van der Waals surface area (Å²) in [6, 6.07) is 7.85. The van der Waals surface area contributed by atoms with Crippen LogP contribution >= 0.6 is 0 Å². The Balaban J connectivity index is 2.99. The minimum absolute atomic E-state index is 0.150. The van der Waals surface area contributed by atoms with E-state index in [1.807, 2.05) is 43.0 Å². The van der Waals surface area contributed by atoms with Crippen LogP contribution in [0.1, 0.15) is 36.7 Å². The standard InChI is InChI=1S/C13H19NO/c1-4-11-9-7-8-10-12(11)13(15)14(5-2)6-3/h7-10H,4-6H2,1-3H3. The Morgan fingerprint density at radius 1 is 1.13 bits per heavy atom. The predicted octanol–water partition coefficient (Wildman–Crippen LogP) is 2.73. The van der Waals surface area contributed by atoms with E-state index in [2.05, 4.69) is 6.92 Å². The Hall–Kier alpha value is -1.31. The van der Waals surface area contributed by atoms with Crippen molar-refractivity contribution >= 4 is 5.91 Å². The van der Waals surface area contributed by atoms with Crippen LogP contribution < -0.4 is 0 Å². The quantitative estimate of drug-likeness (QED) is 0.740. The smallest absolute Gasteiger partial charge is 0.254 e. The molecule has 0 heterocycles. The van der Waals surface area contributed by atoms with Crippen LogP contribution in [-0.4, -0.2) is 23.9 Å². The van der Waals surface area contributed by atoms with E-state index in [1.54, 1.807) is 0 Å². The second-order valence-corrected chi connectivity index (χ2v) is 3.49. The van der Waals surface area contributed by atoms with E-state index in [-0.39, 0.29) is 5.91 Å². The van der Waals surface area contributed by atoms with Gasteiger partial charge in [-0.15, -0.1) is 0 Å². The highest BCUT2D eigenvalue weighted by molar-refractivity contribution is 5.95. The van der Waals surface area contributed by atoms with Gasteiger partial charge >= 0.3 is 0 Å². The van der Waals surface area contributed by atoms with E-state index in [0.717, 1.165) is 30.6 Å². The second kappa shape index (κ2) is 5.54. The zero-order chi connectivity index (χ0) is 11.3. The van der Waals surface area contributed by atoms with E-state index in [1.165, 1.54) is 0 Å². The van der Waals surface area contributed by atoms with Gasteiger partial charge < -0.3 is 4.90 Å². The SMILES string of the molecule is CCc1ccccc1C(=O)N(CC)CC. The van der Waals surface area contributed by atoms with Crippen molar-refractivity contribution < 1.29 is 4.79 Å². The summed E-state index contributed by atoms with van der Waals surface area (Å²) in [5.41, 5.74) is 1.98. The van der Waals surface area contributed by atoms with Crippen molar-refractivity contribution in [1.82, 2.24) is 4.90 Å². The Kier molecular flexibility index (Phi) is 4.35. The van der Waals surface area contributed by atoms with Gasteiger partial charge in [0.05, 0.1) is 0 Å². The van der Waals surface area contributed by atoms with Gasteiger partial charge in [-0.3, -0.25) is 4.79 Å². The molecule has 0 radical (unpaired) electrons. The molecular formula is C13H19NO. The van der Waals surface area contributed by atoms with Crippen molar-refractivity contribution in [3.63, 3.8) is 0 Å². The lowest BCUT2D eigenvalue weighted by molar-refractivity contribution is 0.0772. The molecule has 0 bridgehead atoms. The lowest BCUT2D eigenvalue weighted by Crippen LogP contribution is -2.31. The summed E-state index contributed by atoms with van der Waals surface area (Å²) in [4.78, 5) is 14.0. The zero-order valence-electron chi connectivity index (χ0n) is 9.79. The van der Waals surface area contributed by atoms with Gasteiger partial charge in [0.25, 0.3) is 5.91 Å².